The van der Waals surface area contributed by atoms with Crippen LogP contribution >= 0.6 is 11.6 Å². The van der Waals surface area contributed by atoms with Crippen LogP contribution in [0.3, 0.4) is 0 Å². The van der Waals surface area contributed by atoms with Crippen LogP contribution in [0.5, 0.6) is 5.75 Å². The van der Waals surface area contributed by atoms with Gasteiger partial charge in [-0.05, 0) is 36.4 Å². The number of nitrogens with zero attached hydrogens (tertiary/aromatic N) is 1. The van der Waals surface area contributed by atoms with E-state index in [0.717, 1.165) is 17.0 Å². The van der Waals surface area contributed by atoms with E-state index < -0.39 is 6.09 Å². The van der Waals surface area contributed by atoms with Crippen LogP contribution in [0.2, 0.25) is 5.02 Å². The molecule has 0 spiro atoms. The fourth-order valence-electron chi connectivity index (χ4n) is 2.71. The van der Waals surface area contributed by atoms with E-state index >= 15 is 0 Å². The first-order valence-electron chi connectivity index (χ1n) is 8.00. The summed E-state index contributed by atoms with van der Waals surface area (Å²) in [7, 11) is 0. The molecule has 2 heterocycles. The molecule has 0 unspecified atom stereocenters. The second-order valence-electron chi connectivity index (χ2n) is 5.80. The topological polar surface area (TPSA) is 83.7 Å². The molecule has 1 aliphatic rings. The fraction of sp³-hybridized carbons (Fsp3) is 0.333. The van der Waals surface area contributed by atoms with Crippen LogP contribution in [0, 0.1) is 5.92 Å². The van der Waals surface area contributed by atoms with Crippen LogP contribution in [0.25, 0.3) is 11.3 Å². The Labute approximate surface area is 150 Å². The Bertz CT molecular complexity index is 706. The van der Waals surface area contributed by atoms with Crippen LogP contribution in [-0.4, -0.2) is 37.0 Å². The summed E-state index contributed by atoms with van der Waals surface area (Å²) in [6, 6.07) is 11.3. The van der Waals surface area contributed by atoms with Crippen molar-refractivity contribution in [3.05, 3.63) is 47.6 Å². The molecule has 2 aromatic rings. The average Bonchev–Trinajstić information content (AvgIpc) is 2.62. The van der Waals surface area contributed by atoms with Crippen LogP contribution in [0.15, 0.2) is 42.6 Å². The minimum Gasteiger partial charge on any atom is -0.493 e. The van der Waals surface area contributed by atoms with E-state index in [1.165, 1.54) is 0 Å². The molecule has 25 heavy (non-hydrogen) atoms. The highest BCUT2D eigenvalue weighted by molar-refractivity contribution is 6.30. The van der Waals surface area contributed by atoms with E-state index in [9.17, 15) is 4.79 Å². The Hall–Kier alpha value is -2.31. The SMILES string of the molecule is NC(=O)O[C@H]1CCOC[C@@H]1COc1ccc(-c2ccc(Cl)cn2)cc1. The maximum atomic E-state index is 11.0. The summed E-state index contributed by atoms with van der Waals surface area (Å²) in [5.41, 5.74) is 6.93. The molecule has 1 amide bonds. The molecule has 0 aliphatic carbocycles. The van der Waals surface area contributed by atoms with E-state index in [1.54, 1.807) is 12.3 Å². The van der Waals surface area contributed by atoms with Gasteiger partial charge in [-0.25, -0.2) is 4.79 Å². The van der Waals surface area contributed by atoms with Crippen molar-refractivity contribution in [2.24, 2.45) is 11.7 Å². The molecular formula is C18H19ClN2O4. The molecule has 3 rings (SSSR count). The minimum atomic E-state index is -0.767. The standard InChI is InChI=1S/C18H19ClN2O4/c19-14-3-6-16(21-9-14)12-1-4-15(5-2-12)24-11-13-10-23-8-7-17(13)25-18(20)22/h1-6,9,13,17H,7-8,10-11H2,(H2,20,22)/t13-,17+/m1/s1. The summed E-state index contributed by atoms with van der Waals surface area (Å²) in [5, 5.41) is 0.603. The van der Waals surface area contributed by atoms with Crippen LogP contribution < -0.4 is 10.5 Å². The molecule has 0 bridgehead atoms. The highest BCUT2D eigenvalue weighted by Gasteiger charge is 2.29. The van der Waals surface area contributed by atoms with Gasteiger partial charge in [0.25, 0.3) is 0 Å². The van der Waals surface area contributed by atoms with Gasteiger partial charge in [0.1, 0.15) is 11.9 Å². The summed E-state index contributed by atoms with van der Waals surface area (Å²) in [4.78, 5) is 15.3. The van der Waals surface area contributed by atoms with Gasteiger partial charge in [-0.15, -0.1) is 0 Å². The molecule has 132 valence electrons. The number of hydrogen-bond acceptors (Lipinski definition) is 5. The number of rotatable bonds is 5. The van der Waals surface area contributed by atoms with Crippen molar-refractivity contribution in [1.82, 2.24) is 4.98 Å². The zero-order valence-electron chi connectivity index (χ0n) is 13.6. The fourth-order valence-corrected chi connectivity index (χ4v) is 2.82. The smallest absolute Gasteiger partial charge is 0.404 e. The number of ether oxygens (including phenoxy) is 3. The van der Waals surface area contributed by atoms with Crippen molar-refractivity contribution in [2.45, 2.75) is 12.5 Å². The normalized spacial score (nSPS) is 20.0. The molecule has 1 fully saturated rings. The van der Waals surface area contributed by atoms with Gasteiger partial charge in [0.15, 0.2) is 0 Å². The molecule has 2 N–H and O–H groups in total. The summed E-state index contributed by atoms with van der Waals surface area (Å²) in [6.45, 7) is 1.42. The van der Waals surface area contributed by atoms with E-state index in [0.29, 0.717) is 31.3 Å². The highest BCUT2D eigenvalue weighted by atomic mass is 35.5. The summed E-state index contributed by atoms with van der Waals surface area (Å²) >= 11 is 5.85. The van der Waals surface area contributed by atoms with Gasteiger partial charge in [0.2, 0.25) is 0 Å². The predicted octanol–water partition coefficient (Wildman–Crippen LogP) is 3.28. The molecular weight excluding hydrogens is 344 g/mol. The maximum absolute atomic E-state index is 11.0. The molecule has 6 nitrogen and oxygen atoms in total. The third kappa shape index (κ3) is 4.84. The number of nitrogens with two attached hydrogens (primary N) is 1. The largest absolute Gasteiger partial charge is 0.493 e. The molecule has 2 atom stereocenters. The lowest BCUT2D eigenvalue weighted by atomic mass is 9.99. The number of halogens is 1. The zero-order chi connectivity index (χ0) is 17.6. The van der Waals surface area contributed by atoms with Crippen LogP contribution in [0.1, 0.15) is 6.42 Å². The van der Waals surface area contributed by atoms with E-state index in [4.69, 9.17) is 31.5 Å². The Morgan fingerprint density at radius 3 is 2.76 bits per heavy atom. The van der Waals surface area contributed by atoms with Crippen molar-refractivity contribution in [3.63, 3.8) is 0 Å². The molecule has 1 aromatic carbocycles. The van der Waals surface area contributed by atoms with Crippen molar-refractivity contribution >= 4 is 17.7 Å². The number of amides is 1. The average molecular weight is 363 g/mol. The van der Waals surface area contributed by atoms with Gasteiger partial charge >= 0.3 is 6.09 Å². The summed E-state index contributed by atoms with van der Waals surface area (Å²) < 4.78 is 16.4. The van der Waals surface area contributed by atoms with E-state index in [-0.39, 0.29) is 12.0 Å². The van der Waals surface area contributed by atoms with Crippen molar-refractivity contribution in [2.75, 3.05) is 19.8 Å². The number of carbonyl (C=O) groups is 1. The highest BCUT2D eigenvalue weighted by Crippen LogP contribution is 2.24. The van der Waals surface area contributed by atoms with Crippen LogP contribution in [0.4, 0.5) is 4.79 Å². The van der Waals surface area contributed by atoms with Gasteiger partial charge in [0, 0.05) is 18.2 Å². The molecule has 0 saturated carbocycles. The lowest BCUT2D eigenvalue weighted by Crippen LogP contribution is -2.40. The zero-order valence-corrected chi connectivity index (χ0v) is 14.3. The van der Waals surface area contributed by atoms with Gasteiger partial charge in [-0.2, -0.15) is 0 Å². The van der Waals surface area contributed by atoms with Crippen LogP contribution in [-0.2, 0) is 9.47 Å². The van der Waals surface area contributed by atoms with Gasteiger partial charge in [-0.3, -0.25) is 4.98 Å². The Morgan fingerprint density at radius 1 is 1.28 bits per heavy atom. The molecule has 1 saturated heterocycles. The van der Waals surface area contributed by atoms with E-state index in [1.807, 2.05) is 30.3 Å². The maximum Gasteiger partial charge on any atom is 0.404 e. The second kappa shape index (κ2) is 8.18. The number of benzene rings is 1. The first-order chi connectivity index (χ1) is 12.1. The number of primary amides is 1. The molecule has 1 aromatic heterocycles. The third-order valence-electron chi connectivity index (χ3n) is 4.01. The lowest BCUT2D eigenvalue weighted by Gasteiger charge is -2.30. The first-order valence-corrected chi connectivity index (χ1v) is 8.38. The second-order valence-corrected chi connectivity index (χ2v) is 6.23. The number of hydrogen-bond donors (Lipinski definition) is 1. The molecule has 1 aliphatic heterocycles. The van der Waals surface area contributed by atoms with Crippen molar-refractivity contribution < 1.29 is 19.0 Å². The predicted molar refractivity (Wildman–Crippen MR) is 93.6 cm³/mol. The first kappa shape index (κ1) is 17.5. The number of pyridine rings is 1. The number of aromatic nitrogens is 1. The van der Waals surface area contributed by atoms with Crippen molar-refractivity contribution in [1.29, 1.82) is 0 Å². The van der Waals surface area contributed by atoms with Crippen molar-refractivity contribution in [3.8, 4) is 17.0 Å². The lowest BCUT2D eigenvalue weighted by molar-refractivity contribution is -0.0541. The van der Waals surface area contributed by atoms with Gasteiger partial charge < -0.3 is 19.9 Å². The Kier molecular flexibility index (Phi) is 5.73. The van der Waals surface area contributed by atoms with E-state index in [2.05, 4.69) is 4.98 Å². The Morgan fingerprint density at radius 2 is 2.08 bits per heavy atom. The van der Waals surface area contributed by atoms with Gasteiger partial charge in [-0.1, -0.05) is 11.6 Å². The molecule has 7 heteroatoms. The number of carbonyl (C=O) groups excluding carboxylic acids is 1. The van der Waals surface area contributed by atoms with Gasteiger partial charge in [0.05, 0.1) is 36.5 Å². The summed E-state index contributed by atoms with van der Waals surface area (Å²) in [6.07, 6.45) is 1.20. The quantitative estimate of drug-likeness (QED) is 0.882. The Balaban J connectivity index is 1.59. The minimum absolute atomic E-state index is 0.0427. The molecule has 0 radical (unpaired) electrons. The third-order valence-corrected chi connectivity index (χ3v) is 4.24. The summed E-state index contributed by atoms with van der Waals surface area (Å²) in [5.74, 6) is 0.681. The monoisotopic (exact) mass is 362 g/mol.